The minimum atomic E-state index is -0.937. The molecular formula is C21H25N5O5. The van der Waals surface area contributed by atoms with E-state index in [1.54, 1.807) is 18.2 Å². The van der Waals surface area contributed by atoms with Crippen LogP contribution in [0.2, 0.25) is 0 Å². The molecule has 10 nitrogen and oxygen atoms in total. The molecule has 1 aromatic carbocycles. The number of nitrogens with zero attached hydrogens (tertiary/aromatic N) is 4. The zero-order valence-electron chi connectivity index (χ0n) is 17.5. The van der Waals surface area contributed by atoms with Crippen molar-refractivity contribution < 1.29 is 24.1 Å². The van der Waals surface area contributed by atoms with Crippen molar-refractivity contribution in [1.29, 1.82) is 0 Å². The van der Waals surface area contributed by atoms with Gasteiger partial charge < -0.3 is 29.5 Å². The number of carboxylic acid groups (broad SMARTS) is 1. The molecule has 0 spiro atoms. The molecule has 164 valence electrons. The van der Waals surface area contributed by atoms with Crippen LogP contribution < -0.4 is 14.8 Å². The first-order valence-electron chi connectivity index (χ1n) is 9.90. The number of likely N-dealkylation sites (tertiary alicyclic amines) is 1. The quantitative estimate of drug-likeness (QED) is 0.372. The highest BCUT2D eigenvalue weighted by Gasteiger charge is 2.24. The highest BCUT2D eigenvalue weighted by molar-refractivity contribution is 5.72. The van der Waals surface area contributed by atoms with Crippen LogP contribution in [0.1, 0.15) is 25.3 Å². The van der Waals surface area contributed by atoms with E-state index in [1.807, 2.05) is 6.92 Å². The van der Waals surface area contributed by atoms with E-state index in [2.05, 4.69) is 26.4 Å². The van der Waals surface area contributed by atoms with Crippen LogP contribution in [0, 0.1) is 12.3 Å². The van der Waals surface area contributed by atoms with Crippen molar-refractivity contribution in [2.75, 3.05) is 38.9 Å². The van der Waals surface area contributed by atoms with Crippen molar-refractivity contribution >= 4 is 12.0 Å². The number of hydrogen-bond acceptors (Lipinski definition) is 8. The van der Waals surface area contributed by atoms with Crippen LogP contribution in [0.15, 0.2) is 18.2 Å². The summed E-state index contributed by atoms with van der Waals surface area (Å²) in [6.45, 7) is 3.31. The minimum Gasteiger partial charge on any atom is -0.479 e. The summed E-state index contributed by atoms with van der Waals surface area (Å²) in [5.41, 5.74) is 1.64. The lowest BCUT2D eigenvalue weighted by Crippen LogP contribution is -2.44. The third kappa shape index (κ3) is 5.52. The van der Waals surface area contributed by atoms with Crippen LogP contribution in [-0.2, 0) is 4.74 Å². The zero-order chi connectivity index (χ0) is 22.2. The molecule has 0 unspecified atom stereocenters. The van der Waals surface area contributed by atoms with Gasteiger partial charge in [0.15, 0.2) is 12.5 Å². The molecule has 2 aromatic rings. The highest BCUT2D eigenvalue weighted by atomic mass is 16.7. The molecular weight excluding hydrogens is 402 g/mol. The molecule has 31 heavy (non-hydrogen) atoms. The van der Waals surface area contributed by atoms with Crippen molar-refractivity contribution in [1.82, 2.24) is 20.1 Å². The van der Waals surface area contributed by atoms with Gasteiger partial charge in [-0.05, 0) is 38.0 Å². The summed E-state index contributed by atoms with van der Waals surface area (Å²) in [6, 6.07) is 5.13. The van der Waals surface area contributed by atoms with E-state index in [4.69, 9.17) is 20.6 Å². The van der Waals surface area contributed by atoms with Gasteiger partial charge in [-0.25, -0.2) is 4.79 Å². The summed E-state index contributed by atoms with van der Waals surface area (Å²) in [5.74, 6) is 3.55. The second kappa shape index (κ2) is 10.4. The summed E-state index contributed by atoms with van der Waals surface area (Å²) in [4.78, 5) is 17.0. The third-order valence-corrected chi connectivity index (χ3v) is 4.78. The van der Waals surface area contributed by atoms with Gasteiger partial charge in [-0.1, -0.05) is 5.92 Å². The van der Waals surface area contributed by atoms with Crippen molar-refractivity contribution in [2.24, 2.45) is 0 Å². The van der Waals surface area contributed by atoms with Gasteiger partial charge in [0.1, 0.15) is 5.75 Å². The fourth-order valence-electron chi connectivity index (χ4n) is 3.25. The molecule has 1 aliphatic rings. The summed E-state index contributed by atoms with van der Waals surface area (Å²) in [7, 11) is 1.49. The normalized spacial score (nSPS) is 15.8. The molecule has 0 bridgehead atoms. The number of carbonyl (C=O) groups is 1. The van der Waals surface area contributed by atoms with Crippen LogP contribution in [0.25, 0.3) is 11.3 Å². The van der Waals surface area contributed by atoms with Crippen LogP contribution in [0.3, 0.4) is 0 Å². The van der Waals surface area contributed by atoms with Gasteiger partial charge in [-0.15, -0.1) is 16.6 Å². The Kier molecular flexibility index (Phi) is 7.45. The molecule has 2 heterocycles. The molecule has 1 atom stereocenters. The third-order valence-electron chi connectivity index (χ3n) is 4.78. The van der Waals surface area contributed by atoms with Crippen LogP contribution in [0.5, 0.6) is 11.6 Å². The second-order valence-electron chi connectivity index (χ2n) is 6.82. The van der Waals surface area contributed by atoms with E-state index < -0.39 is 6.09 Å². The second-order valence-corrected chi connectivity index (χ2v) is 6.82. The first-order chi connectivity index (χ1) is 15.0. The molecule has 1 saturated heterocycles. The van der Waals surface area contributed by atoms with E-state index in [9.17, 15) is 9.90 Å². The lowest BCUT2D eigenvalue weighted by Gasteiger charge is -2.31. The summed E-state index contributed by atoms with van der Waals surface area (Å²) >= 11 is 0. The monoisotopic (exact) mass is 427 g/mol. The number of nitrogens with one attached hydrogen (secondary N) is 1. The lowest BCUT2D eigenvalue weighted by molar-refractivity contribution is 0.0227. The molecule has 10 heteroatoms. The fraction of sp³-hybridized carbons (Fsp3) is 0.429. The molecule has 0 radical (unpaired) electrons. The highest BCUT2D eigenvalue weighted by Crippen LogP contribution is 2.34. The maximum Gasteiger partial charge on any atom is 0.407 e. The van der Waals surface area contributed by atoms with Gasteiger partial charge in [0.25, 0.3) is 0 Å². The van der Waals surface area contributed by atoms with Crippen molar-refractivity contribution in [3.63, 3.8) is 0 Å². The number of amides is 1. The average molecular weight is 427 g/mol. The number of anilines is 1. The summed E-state index contributed by atoms with van der Waals surface area (Å²) in [5, 5.41) is 20.8. The van der Waals surface area contributed by atoms with E-state index in [0.717, 1.165) is 12.8 Å². The Hall–Kier alpha value is -3.58. The van der Waals surface area contributed by atoms with Gasteiger partial charge in [-0.3, -0.25) is 0 Å². The van der Waals surface area contributed by atoms with Crippen LogP contribution in [0.4, 0.5) is 10.7 Å². The number of hydrogen-bond donors (Lipinski definition) is 2. The zero-order valence-corrected chi connectivity index (χ0v) is 17.5. The summed E-state index contributed by atoms with van der Waals surface area (Å²) < 4.78 is 16.4. The largest absolute Gasteiger partial charge is 0.479 e. The van der Waals surface area contributed by atoms with Crippen molar-refractivity contribution in [2.45, 2.75) is 25.8 Å². The van der Waals surface area contributed by atoms with Gasteiger partial charge in [0, 0.05) is 36.9 Å². The number of methoxy groups -OCH3 is 1. The van der Waals surface area contributed by atoms with Gasteiger partial charge >= 0.3 is 6.09 Å². The standard InChI is InChI=1S/C21H25N5O5/c1-4-14-8-9-16(17(11-14)31-13-30-5-2)18-19(29-3)23-20(25-24-18)22-15-7-6-10-26(12-15)21(27)28/h1,8-9,11,15H,5-7,10,12-13H2,2-3H3,(H,27,28)(H,22,23,25)/t15-/m1/s1. The Bertz CT molecular complexity index is 962. The molecule has 3 rings (SSSR count). The predicted octanol–water partition coefficient (Wildman–Crippen LogP) is 2.46. The van der Waals surface area contributed by atoms with Crippen LogP contribution >= 0.6 is 0 Å². The Labute approximate surface area is 180 Å². The first kappa shape index (κ1) is 22.1. The van der Waals surface area contributed by atoms with Crippen LogP contribution in [-0.4, -0.2) is 70.9 Å². The maximum atomic E-state index is 11.2. The number of piperidine rings is 1. The minimum absolute atomic E-state index is 0.0576. The molecule has 1 fully saturated rings. The molecule has 0 saturated carbocycles. The molecule has 2 N–H and O–H groups in total. The Balaban J connectivity index is 1.84. The first-order valence-corrected chi connectivity index (χ1v) is 9.90. The van der Waals surface area contributed by atoms with E-state index in [1.165, 1.54) is 12.0 Å². The number of terminal acetylenes is 1. The predicted molar refractivity (Wildman–Crippen MR) is 113 cm³/mol. The van der Waals surface area contributed by atoms with Gasteiger partial charge in [-0.2, -0.15) is 4.98 Å². The SMILES string of the molecule is C#Cc1ccc(-c2nnc(N[C@@H]3CCCN(C(=O)O)C3)nc2OC)c(OCOCC)c1. The fourth-order valence-corrected chi connectivity index (χ4v) is 3.25. The maximum absolute atomic E-state index is 11.2. The molecule has 0 aliphatic carbocycles. The molecule has 1 amide bonds. The molecule has 1 aromatic heterocycles. The average Bonchev–Trinajstić information content (AvgIpc) is 2.79. The van der Waals surface area contributed by atoms with Gasteiger partial charge in [0.05, 0.1) is 7.11 Å². The number of ether oxygens (including phenoxy) is 3. The van der Waals surface area contributed by atoms with E-state index in [-0.39, 0.29) is 24.7 Å². The van der Waals surface area contributed by atoms with Crippen molar-refractivity contribution in [3.8, 4) is 35.2 Å². The Morgan fingerprint density at radius 2 is 2.26 bits per heavy atom. The van der Waals surface area contributed by atoms with E-state index in [0.29, 0.717) is 42.3 Å². The van der Waals surface area contributed by atoms with E-state index >= 15 is 0 Å². The number of aromatic nitrogens is 3. The van der Waals surface area contributed by atoms with Crippen molar-refractivity contribution in [3.05, 3.63) is 23.8 Å². The molecule has 1 aliphatic heterocycles. The summed E-state index contributed by atoms with van der Waals surface area (Å²) in [6.07, 6.45) is 6.13. The Morgan fingerprint density at radius 3 is 2.97 bits per heavy atom. The van der Waals surface area contributed by atoms with Gasteiger partial charge in [0.2, 0.25) is 11.8 Å². The lowest BCUT2D eigenvalue weighted by atomic mass is 10.1. The number of rotatable bonds is 8. The Morgan fingerprint density at radius 1 is 1.42 bits per heavy atom. The topological polar surface area (TPSA) is 119 Å². The smallest absolute Gasteiger partial charge is 0.407 e. The number of benzene rings is 1.